The minimum Gasteiger partial charge on any atom is -0.348 e. The molecule has 3 atom stereocenters. The molecule has 2 aliphatic rings. The van der Waals surface area contributed by atoms with Crippen LogP contribution in [0.15, 0.2) is 12.3 Å². The van der Waals surface area contributed by atoms with Gasteiger partial charge in [0.25, 0.3) is 5.91 Å². The van der Waals surface area contributed by atoms with Crippen molar-refractivity contribution in [3.8, 4) is 0 Å². The summed E-state index contributed by atoms with van der Waals surface area (Å²) < 4.78 is 1.96. The smallest absolute Gasteiger partial charge is 0.271 e. The van der Waals surface area contributed by atoms with Gasteiger partial charge in [-0.05, 0) is 44.2 Å². The monoisotopic (exact) mass is 340 g/mol. The summed E-state index contributed by atoms with van der Waals surface area (Å²) in [5.41, 5.74) is 0.559. The molecule has 1 aromatic heterocycles. The first-order chi connectivity index (χ1) is 10.8. The number of piperidine rings is 1. The average Bonchev–Trinajstić information content (AvgIpc) is 3.06. The largest absolute Gasteiger partial charge is 0.348 e. The topological polar surface area (TPSA) is 59.0 Å². The number of aromatic nitrogens is 2. The van der Waals surface area contributed by atoms with Gasteiger partial charge in [0.15, 0.2) is 0 Å². The van der Waals surface area contributed by atoms with Gasteiger partial charge in [-0.15, -0.1) is 12.4 Å². The Bertz CT molecular complexity index is 499. The van der Waals surface area contributed by atoms with E-state index in [9.17, 15) is 4.79 Å². The van der Waals surface area contributed by atoms with Crippen LogP contribution in [0.25, 0.3) is 0 Å². The molecule has 23 heavy (non-hydrogen) atoms. The molecule has 1 amide bonds. The Hall–Kier alpha value is -1.07. The van der Waals surface area contributed by atoms with Crippen LogP contribution in [-0.2, 0) is 0 Å². The van der Waals surface area contributed by atoms with E-state index in [-0.39, 0.29) is 18.3 Å². The van der Waals surface area contributed by atoms with Gasteiger partial charge in [0.1, 0.15) is 5.69 Å². The maximum atomic E-state index is 12.4. The molecule has 6 heteroatoms. The summed E-state index contributed by atoms with van der Waals surface area (Å²) in [5.74, 6) is 0.759. The molecular weight excluding hydrogens is 312 g/mol. The summed E-state index contributed by atoms with van der Waals surface area (Å²) in [6, 6.07) is 2.56. The molecule has 130 valence electrons. The summed E-state index contributed by atoms with van der Waals surface area (Å²) in [7, 11) is 0. The van der Waals surface area contributed by atoms with E-state index in [4.69, 9.17) is 0 Å². The molecule has 2 heterocycles. The first-order valence-corrected chi connectivity index (χ1v) is 8.83. The van der Waals surface area contributed by atoms with E-state index < -0.39 is 0 Å². The van der Waals surface area contributed by atoms with Crippen LogP contribution in [0.3, 0.4) is 0 Å². The van der Waals surface area contributed by atoms with E-state index in [0.717, 1.165) is 38.3 Å². The molecule has 1 aliphatic heterocycles. The van der Waals surface area contributed by atoms with Gasteiger partial charge in [-0.25, -0.2) is 0 Å². The molecular formula is C17H29ClN4O. The fourth-order valence-corrected chi connectivity index (χ4v) is 3.77. The summed E-state index contributed by atoms with van der Waals surface area (Å²) in [6.45, 7) is 4.28. The minimum atomic E-state index is -0.00993. The quantitative estimate of drug-likeness (QED) is 0.886. The van der Waals surface area contributed by atoms with Crippen molar-refractivity contribution in [1.29, 1.82) is 0 Å². The van der Waals surface area contributed by atoms with Crippen molar-refractivity contribution in [2.24, 2.45) is 5.92 Å². The van der Waals surface area contributed by atoms with Crippen molar-refractivity contribution in [2.75, 3.05) is 13.1 Å². The van der Waals surface area contributed by atoms with Crippen molar-refractivity contribution in [3.63, 3.8) is 0 Å². The van der Waals surface area contributed by atoms with Gasteiger partial charge < -0.3 is 10.6 Å². The molecule has 1 saturated heterocycles. The molecule has 5 nitrogen and oxygen atoms in total. The number of nitrogens with one attached hydrogen (secondary N) is 2. The number of hydrogen-bond donors (Lipinski definition) is 2. The molecule has 3 rings (SSSR count). The third-order valence-electron chi connectivity index (χ3n) is 5.18. The molecule has 0 spiro atoms. The molecule has 1 aliphatic carbocycles. The van der Waals surface area contributed by atoms with E-state index in [2.05, 4.69) is 22.7 Å². The fourth-order valence-electron chi connectivity index (χ4n) is 3.77. The predicted octanol–water partition coefficient (Wildman–Crippen LogP) is 2.93. The zero-order valence-electron chi connectivity index (χ0n) is 14.0. The lowest BCUT2D eigenvalue weighted by atomic mass is 9.84. The van der Waals surface area contributed by atoms with Crippen molar-refractivity contribution in [3.05, 3.63) is 18.0 Å². The summed E-state index contributed by atoms with van der Waals surface area (Å²) in [4.78, 5) is 12.4. The fraction of sp³-hybridized carbons (Fsp3) is 0.765. The maximum Gasteiger partial charge on any atom is 0.271 e. The zero-order valence-corrected chi connectivity index (χ0v) is 14.8. The third kappa shape index (κ3) is 4.70. The maximum absolute atomic E-state index is 12.4. The number of rotatable bonds is 4. The number of hydrogen-bond acceptors (Lipinski definition) is 3. The van der Waals surface area contributed by atoms with E-state index in [1.807, 2.05) is 16.9 Å². The van der Waals surface area contributed by atoms with Crippen molar-refractivity contribution in [1.82, 2.24) is 20.4 Å². The van der Waals surface area contributed by atoms with Crippen LogP contribution in [0.4, 0.5) is 0 Å². The summed E-state index contributed by atoms with van der Waals surface area (Å²) in [6.07, 6.45) is 10.2. The Morgan fingerprint density at radius 3 is 3.00 bits per heavy atom. The second kappa shape index (κ2) is 8.69. The van der Waals surface area contributed by atoms with Gasteiger partial charge in [-0.1, -0.05) is 26.2 Å². The third-order valence-corrected chi connectivity index (χ3v) is 5.18. The van der Waals surface area contributed by atoms with Crippen molar-refractivity contribution in [2.45, 2.75) is 64.0 Å². The molecule has 3 unspecified atom stereocenters. The second-order valence-corrected chi connectivity index (χ2v) is 6.79. The number of amides is 1. The molecule has 2 fully saturated rings. The van der Waals surface area contributed by atoms with Crippen molar-refractivity contribution >= 4 is 18.3 Å². The first-order valence-electron chi connectivity index (χ1n) is 8.83. The van der Waals surface area contributed by atoms with Gasteiger partial charge in [-0.3, -0.25) is 9.48 Å². The lowest BCUT2D eigenvalue weighted by Gasteiger charge is -2.28. The number of carbonyl (C=O) groups excluding carboxylic acids is 1. The lowest BCUT2D eigenvalue weighted by Crippen LogP contribution is -2.38. The van der Waals surface area contributed by atoms with Crippen molar-refractivity contribution < 1.29 is 4.79 Å². The highest BCUT2D eigenvalue weighted by molar-refractivity contribution is 5.92. The minimum absolute atomic E-state index is 0. The molecule has 1 aromatic rings. The van der Waals surface area contributed by atoms with E-state index in [1.54, 1.807) is 0 Å². The highest BCUT2D eigenvalue weighted by atomic mass is 35.5. The molecule has 0 radical (unpaired) electrons. The Morgan fingerprint density at radius 2 is 2.26 bits per heavy atom. The molecule has 0 aromatic carbocycles. The van der Waals surface area contributed by atoms with Crippen LogP contribution in [-0.4, -0.2) is 34.8 Å². The van der Waals surface area contributed by atoms with Crippen LogP contribution >= 0.6 is 12.4 Å². The van der Waals surface area contributed by atoms with Gasteiger partial charge >= 0.3 is 0 Å². The first kappa shape index (κ1) is 18.3. The molecule has 0 bridgehead atoms. The number of halogens is 1. The van der Waals surface area contributed by atoms with Crippen LogP contribution in [0.5, 0.6) is 0 Å². The summed E-state index contributed by atoms with van der Waals surface area (Å²) >= 11 is 0. The Morgan fingerprint density at radius 1 is 1.39 bits per heavy atom. The Labute approximate surface area is 145 Å². The van der Waals surface area contributed by atoms with Crippen LogP contribution < -0.4 is 10.6 Å². The number of carbonyl (C=O) groups is 1. The Kier molecular flexibility index (Phi) is 6.90. The predicted molar refractivity (Wildman–Crippen MR) is 94.1 cm³/mol. The summed E-state index contributed by atoms with van der Waals surface area (Å²) in [5, 5.41) is 11.1. The SMILES string of the molecule is CCC1CCCC(NC(=O)c2ccn(C3CCCNC3)n2)C1.Cl. The van der Waals surface area contributed by atoms with Gasteiger partial charge in [-0.2, -0.15) is 5.10 Å². The average molecular weight is 341 g/mol. The van der Waals surface area contributed by atoms with Gasteiger partial charge in [0.05, 0.1) is 6.04 Å². The van der Waals surface area contributed by atoms with E-state index in [1.165, 1.54) is 25.7 Å². The standard InChI is InChI=1S/C17H28N4O.ClH/c1-2-13-5-3-6-14(11-13)19-17(22)16-8-10-21(20-16)15-7-4-9-18-12-15;/h8,10,13-15,18H,2-7,9,11-12H2,1H3,(H,19,22);1H. The van der Waals surface area contributed by atoms with Gasteiger partial charge in [0.2, 0.25) is 0 Å². The highest BCUT2D eigenvalue weighted by Crippen LogP contribution is 2.26. The van der Waals surface area contributed by atoms with Crippen LogP contribution in [0, 0.1) is 5.92 Å². The van der Waals surface area contributed by atoms with E-state index >= 15 is 0 Å². The Balaban J connectivity index is 0.00000192. The van der Waals surface area contributed by atoms with Gasteiger partial charge in [0, 0.05) is 18.8 Å². The normalized spacial score (nSPS) is 28.0. The van der Waals surface area contributed by atoms with E-state index in [0.29, 0.717) is 17.8 Å². The van der Waals surface area contributed by atoms with Crippen LogP contribution in [0.2, 0.25) is 0 Å². The number of nitrogens with zero attached hydrogens (tertiary/aromatic N) is 2. The van der Waals surface area contributed by atoms with Crippen LogP contribution in [0.1, 0.15) is 68.4 Å². The lowest BCUT2D eigenvalue weighted by molar-refractivity contribution is 0.0912. The molecule has 2 N–H and O–H groups in total. The highest BCUT2D eigenvalue weighted by Gasteiger charge is 2.24. The molecule has 1 saturated carbocycles. The second-order valence-electron chi connectivity index (χ2n) is 6.79. The zero-order chi connectivity index (χ0) is 15.4.